The number of carbonyl (C=O) groups is 1. The van der Waals surface area contributed by atoms with E-state index in [4.69, 9.17) is 0 Å². The summed E-state index contributed by atoms with van der Waals surface area (Å²) in [4.78, 5) is 15.5. The highest BCUT2D eigenvalue weighted by Gasteiger charge is 2.03. The molecule has 0 radical (unpaired) electrons. The minimum absolute atomic E-state index is 0.134. The standard InChI is InChI=1S/C10H13NOS/c1-7(2)4-9(12)5-10-11-8(3)6-13-10/h4,6H,5H2,1-3H3. The van der Waals surface area contributed by atoms with Crippen molar-refractivity contribution in [3.05, 3.63) is 27.7 Å². The molecule has 0 bridgehead atoms. The molecule has 3 heteroatoms. The van der Waals surface area contributed by atoms with Crippen LogP contribution in [0.25, 0.3) is 0 Å². The first kappa shape index (κ1) is 10.1. The summed E-state index contributed by atoms with van der Waals surface area (Å²) in [5, 5.41) is 2.87. The maximum Gasteiger partial charge on any atom is 0.162 e. The molecule has 0 aromatic carbocycles. The topological polar surface area (TPSA) is 30.0 Å². The van der Waals surface area contributed by atoms with Crippen molar-refractivity contribution in [1.29, 1.82) is 0 Å². The first-order chi connectivity index (χ1) is 6.08. The molecule has 1 rings (SSSR count). The summed E-state index contributed by atoms with van der Waals surface area (Å²) in [5.74, 6) is 0.134. The average Bonchev–Trinajstić information content (AvgIpc) is 2.33. The predicted molar refractivity (Wildman–Crippen MR) is 55.0 cm³/mol. The van der Waals surface area contributed by atoms with Crippen LogP contribution in [-0.2, 0) is 11.2 Å². The molecule has 0 atom stereocenters. The van der Waals surface area contributed by atoms with Crippen molar-refractivity contribution < 1.29 is 4.79 Å². The van der Waals surface area contributed by atoms with Crippen molar-refractivity contribution in [2.45, 2.75) is 27.2 Å². The predicted octanol–water partition coefficient (Wildman–Crippen LogP) is 2.53. The van der Waals surface area contributed by atoms with E-state index in [-0.39, 0.29) is 5.78 Å². The average molecular weight is 195 g/mol. The molecule has 0 spiro atoms. The summed E-state index contributed by atoms with van der Waals surface area (Å²) in [6.07, 6.45) is 2.10. The highest BCUT2D eigenvalue weighted by atomic mass is 32.1. The largest absolute Gasteiger partial charge is 0.294 e. The monoisotopic (exact) mass is 195 g/mol. The molecule has 0 unspecified atom stereocenters. The van der Waals surface area contributed by atoms with Gasteiger partial charge in [0.2, 0.25) is 0 Å². The van der Waals surface area contributed by atoms with E-state index in [0.717, 1.165) is 16.3 Å². The lowest BCUT2D eigenvalue weighted by atomic mass is 10.2. The zero-order valence-electron chi connectivity index (χ0n) is 8.13. The van der Waals surface area contributed by atoms with Gasteiger partial charge in [-0.2, -0.15) is 0 Å². The Hall–Kier alpha value is -0.960. The van der Waals surface area contributed by atoms with Crippen LogP contribution in [0, 0.1) is 6.92 Å². The molecular formula is C10H13NOS. The minimum Gasteiger partial charge on any atom is -0.294 e. The van der Waals surface area contributed by atoms with Crippen molar-refractivity contribution >= 4 is 17.1 Å². The van der Waals surface area contributed by atoms with E-state index >= 15 is 0 Å². The molecule has 0 amide bonds. The van der Waals surface area contributed by atoms with Gasteiger partial charge in [-0.25, -0.2) is 4.98 Å². The van der Waals surface area contributed by atoms with Gasteiger partial charge < -0.3 is 0 Å². The van der Waals surface area contributed by atoms with E-state index in [1.165, 1.54) is 0 Å². The lowest BCUT2D eigenvalue weighted by Gasteiger charge is -1.91. The van der Waals surface area contributed by atoms with Crippen LogP contribution in [0.15, 0.2) is 17.0 Å². The Kier molecular flexibility index (Phi) is 3.37. The highest BCUT2D eigenvalue weighted by Crippen LogP contribution is 2.10. The van der Waals surface area contributed by atoms with Crippen molar-refractivity contribution in [1.82, 2.24) is 4.98 Å². The molecule has 1 heterocycles. The number of nitrogens with zero attached hydrogens (tertiary/aromatic N) is 1. The maximum atomic E-state index is 11.3. The molecule has 1 aromatic heterocycles. The second-order valence-electron chi connectivity index (χ2n) is 3.25. The maximum absolute atomic E-state index is 11.3. The zero-order chi connectivity index (χ0) is 9.84. The molecule has 1 aromatic rings. The van der Waals surface area contributed by atoms with E-state index in [1.807, 2.05) is 26.2 Å². The first-order valence-electron chi connectivity index (χ1n) is 4.16. The van der Waals surface area contributed by atoms with Crippen molar-refractivity contribution in [3.63, 3.8) is 0 Å². The van der Waals surface area contributed by atoms with Gasteiger partial charge in [-0.1, -0.05) is 5.57 Å². The number of aryl methyl sites for hydroxylation is 1. The van der Waals surface area contributed by atoms with Gasteiger partial charge in [0, 0.05) is 11.1 Å². The lowest BCUT2D eigenvalue weighted by Crippen LogP contribution is -1.98. The van der Waals surface area contributed by atoms with Gasteiger partial charge in [0.15, 0.2) is 5.78 Å². The number of hydrogen-bond acceptors (Lipinski definition) is 3. The molecule has 70 valence electrons. The Balaban J connectivity index is 2.60. The van der Waals surface area contributed by atoms with Crippen LogP contribution in [0.2, 0.25) is 0 Å². The van der Waals surface area contributed by atoms with E-state index in [0.29, 0.717) is 6.42 Å². The Morgan fingerprint density at radius 1 is 1.62 bits per heavy atom. The summed E-state index contributed by atoms with van der Waals surface area (Å²) in [6.45, 7) is 5.78. The highest BCUT2D eigenvalue weighted by molar-refractivity contribution is 7.09. The quantitative estimate of drug-likeness (QED) is 0.694. The Labute approximate surface area is 82.3 Å². The number of hydrogen-bond donors (Lipinski definition) is 0. The van der Waals surface area contributed by atoms with Gasteiger partial charge in [-0.05, 0) is 26.8 Å². The lowest BCUT2D eigenvalue weighted by molar-refractivity contribution is -0.114. The molecule has 0 saturated heterocycles. The van der Waals surface area contributed by atoms with Gasteiger partial charge in [-0.15, -0.1) is 11.3 Å². The van der Waals surface area contributed by atoms with Crippen LogP contribution in [0.5, 0.6) is 0 Å². The molecular weight excluding hydrogens is 182 g/mol. The van der Waals surface area contributed by atoms with E-state index in [2.05, 4.69) is 4.98 Å². The number of aromatic nitrogens is 1. The van der Waals surface area contributed by atoms with Gasteiger partial charge in [0.1, 0.15) is 5.01 Å². The summed E-state index contributed by atoms with van der Waals surface area (Å²) in [5.41, 5.74) is 2.03. The molecule has 2 nitrogen and oxygen atoms in total. The van der Waals surface area contributed by atoms with Crippen LogP contribution < -0.4 is 0 Å². The Bertz CT molecular complexity index is 334. The van der Waals surface area contributed by atoms with E-state index in [1.54, 1.807) is 17.4 Å². The summed E-state index contributed by atoms with van der Waals surface area (Å²) in [6, 6.07) is 0. The van der Waals surface area contributed by atoms with Crippen LogP contribution >= 0.6 is 11.3 Å². The molecule has 13 heavy (non-hydrogen) atoms. The fourth-order valence-electron chi connectivity index (χ4n) is 1.01. The number of carbonyl (C=O) groups excluding carboxylic acids is 1. The van der Waals surface area contributed by atoms with Crippen LogP contribution in [0.1, 0.15) is 24.5 Å². The first-order valence-corrected chi connectivity index (χ1v) is 5.04. The fourth-order valence-corrected chi connectivity index (χ4v) is 1.79. The third kappa shape index (κ3) is 3.51. The van der Waals surface area contributed by atoms with Gasteiger partial charge in [-0.3, -0.25) is 4.79 Å². The molecule has 0 aliphatic carbocycles. The SMILES string of the molecule is CC(C)=CC(=O)Cc1nc(C)cs1. The molecule has 0 aliphatic heterocycles. The smallest absolute Gasteiger partial charge is 0.162 e. The number of rotatable bonds is 3. The minimum atomic E-state index is 0.134. The van der Waals surface area contributed by atoms with Gasteiger partial charge in [0.05, 0.1) is 6.42 Å². The fraction of sp³-hybridized carbons (Fsp3) is 0.400. The number of ketones is 1. The van der Waals surface area contributed by atoms with E-state index in [9.17, 15) is 4.79 Å². The molecule has 0 saturated carbocycles. The molecule has 0 aliphatic rings. The van der Waals surface area contributed by atoms with Crippen molar-refractivity contribution in [3.8, 4) is 0 Å². The number of thiazole rings is 1. The van der Waals surface area contributed by atoms with Gasteiger partial charge in [0.25, 0.3) is 0 Å². The van der Waals surface area contributed by atoms with E-state index < -0.39 is 0 Å². The normalized spacial score (nSPS) is 9.77. The second kappa shape index (κ2) is 4.33. The van der Waals surface area contributed by atoms with Gasteiger partial charge >= 0.3 is 0 Å². The van der Waals surface area contributed by atoms with Crippen molar-refractivity contribution in [2.24, 2.45) is 0 Å². The summed E-state index contributed by atoms with van der Waals surface area (Å²) >= 11 is 1.54. The van der Waals surface area contributed by atoms with Crippen molar-refractivity contribution in [2.75, 3.05) is 0 Å². The zero-order valence-corrected chi connectivity index (χ0v) is 8.94. The summed E-state index contributed by atoms with van der Waals surface area (Å²) < 4.78 is 0. The molecule has 0 fully saturated rings. The third-order valence-electron chi connectivity index (χ3n) is 1.44. The molecule has 0 N–H and O–H groups in total. The Morgan fingerprint density at radius 3 is 2.77 bits per heavy atom. The van der Waals surface area contributed by atoms with Crippen LogP contribution in [0.3, 0.4) is 0 Å². The van der Waals surface area contributed by atoms with Crippen LogP contribution in [0.4, 0.5) is 0 Å². The Morgan fingerprint density at radius 2 is 2.31 bits per heavy atom. The summed E-state index contributed by atoms with van der Waals surface area (Å²) in [7, 11) is 0. The number of allylic oxidation sites excluding steroid dienone is 2. The van der Waals surface area contributed by atoms with Crippen LogP contribution in [-0.4, -0.2) is 10.8 Å². The second-order valence-corrected chi connectivity index (χ2v) is 4.19. The third-order valence-corrected chi connectivity index (χ3v) is 2.41.